The van der Waals surface area contributed by atoms with Gasteiger partial charge in [-0.05, 0) is 36.6 Å². The van der Waals surface area contributed by atoms with Crippen LogP contribution in [-0.2, 0) is 20.7 Å². The maximum Gasteiger partial charge on any atom is 0.419 e. The lowest BCUT2D eigenvalue weighted by Crippen LogP contribution is -2.48. The molecule has 0 radical (unpaired) electrons. The van der Waals surface area contributed by atoms with Crippen LogP contribution < -0.4 is 0 Å². The quantitative estimate of drug-likeness (QED) is 0.866. The van der Waals surface area contributed by atoms with Crippen molar-refractivity contribution in [3.8, 4) is 0 Å². The lowest BCUT2D eigenvalue weighted by Gasteiger charge is -2.41. The molecule has 2 unspecified atom stereocenters. The number of allylic oxidation sites excluding steroid dienone is 2. The predicted octanol–water partition coefficient (Wildman–Crippen LogP) is 3.79. The number of alkyl halides is 3. The van der Waals surface area contributed by atoms with Crippen LogP contribution in [0.4, 0.5) is 13.2 Å². The molecule has 1 aromatic carbocycles. The largest absolute Gasteiger partial charge is 0.478 e. The summed E-state index contributed by atoms with van der Waals surface area (Å²) in [5.41, 5.74) is -0.826. The molecule has 142 valence electrons. The van der Waals surface area contributed by atoms with Crippen LogP contribution in [0.2, 0.25) is 0 Å². The van der Waals surface area contributed by atoms with Crippen molar-refractivity contribution in [2.45, 2.75) is 37.6 Å². The van der Waals surface area contributed by atoms with Crippen LogP contribution in [0.15, 0.2) is 65.3 Å². The van der Waals surface area contributed by atoms with Crippen molar-refractivity contribution >= 4 is 11.8 Å². The van der Waals surface area contributed by atoms with E-state index in [2.05, 4.69) is 0 Å². The Balaban J connectivity index is 1.92. The van der Waals surface area contributed by atoms with E-state index in [0.717, 1.165) is 11.6 Å². The first kappa shape index (κ1) is 19.1. The van der Waals surface area contributed by atoms with Gasteiger partial charge in [0.2, 0.25) is 0 Å². The van der Waals surface area contributed by atoms with Gasteiger partial charge in [0, 0.05) is 12.0 Å². The minimum Gasteiger partial charge on any atom is -0.478 e. The normalized spacial score (nSPS) is 25.0. The Labute approximate surface area is 153 Å². The Bertz CT molecular complexity index is 865. The predicted molar refractivity (Wildman–Crippen MR) is 91.0 cm³/mol. The number of carbonyl (C=O) groups is 2. The van der Waals surface area contributed by atoms with Gasteiger partial charge in [0.05, 0.1) is 11.2 Å². The third kappa shape index (κ3) is 3.88. The second-order valence-corrected chi connectivity index (χ2v) is 6.72. The summed E-state index contributed by atoms with van der Waals surface area (Å²) in [5, 5.41) is 9.16. The zero-order valence-corrected chi connectivity index (χ0v) is 14.4. The molecule has 1 heterocycles. The number of hydrogen-bond acceptors (Lipinski definition) is 3. The molecule has 2 aliphatic rings. The van der Waals surface area contributed by atoms with Gasteiger partial charge in [-0.1, -0.05) is 36.4 Å². The molecule has 27 heavy (non-hydrogen) atoms. The van der Waals surface area contributed by atoms with E-state index in [1.807, 2.05) is 18.2 Å². The number of carbonyl (C=O) groups excluding carboxylic acids is 1. The van der Waals surface area contributed by atoms with E-state index in [-0.39, 0.29) is 24.2 Å². The topological polar surface area (TPSA) is 63.6 Å². The van der Waals surface area contributed by atoms with Crippen molar-refractivity contribution in [2.75, 3.05) is 0 Å². The van der Waals surface area contributed by atoms with Crippen LogP contribution in [-0.4, -0.2) is 34.7 Å². The molecule has 7 heteroatoms. The molecule has 1 aromatic rings. The number of carboxylic acids is 1. The van der Waals surface area contributed by atoms with E-state index in [1.54, 1.807) is 18.2 Å². The maximum atomic E-state index is 13.2. The average Bonchev–Trinajstić information content (AvgIpc) is 2.59. The average molecular weight is 378 g/mol. The van der Waals surface area contributed by atoms with Crippen LogP contribution in [0, 0.1) is 0 Å². The van der Waals surface area contributed by atoms with Crippen molar-refractivity contribution < 1.29 is 32.6 Å². The van der Waals surface area contributed by atoms with Crippen molar-refractivity contribution in [3.63, 3.8) is 0 Å². The smallest absolute Gasteiger partial charge is 0.419 e. The Morgan fingerprint density at radius 2 is 1.89 bits per heavy atom. The molecule has 0 amide bonds. The Morgan fingerprint density at radius 3 is 2.48 bits per heavy atom. The summed E-state index contributed by atoms with van der Waals surface area (Å²) in [7, 11) is 0. The fourth-order valence-corrected chi connectivity index (χ4v) is 3.17. The first-order chi connectivity index (χ1) is 12.6. The lowest BCUT2D eigenvalue weighted by atomic mass is 9.80. The molecule has 0 bridgehead atoms. The number of fused-ring (bicyclic) bond motifs is 1. The molecular formula is C20H17F3O4. The first-order valence-corrected chi connectivity index (χ1v) is 8.29. The van der Waals surface area contributed by atoms with Gasteiger partial charge in [0.25, 0.3) is 0 Å². The molecule has 1 aliphatic carbocycles. The second kappa shape index (κ2) is 6.81. The highest BCUT2D eigenvalue weighted by Crippen LogP contribution is 2.43. The van der Waals surface area contributed by atoms with Gasteiger partial charge in [0.1, 0.15) is 0 Å². The molecule has 3 rings (SSSR count). The summed E-state index contributed by atoms with van der Waals surface area (Å²) in [6, 6.07) is 9.05. The van der Waals surface area contributed by atoms with Crippen molar-refractivity contribution in [2.24, 2.45) is 0 Å². The van der Waals surface area contributed by atoms with Crippen LogP contribution in [0.25, 0.3) is 0 Å². The maximum absolute atomic E-state index is 13.2. The van der Waals surface area contributed by atoms with Crippen LogP contribution in [0.1, 0.15) is 18.9 Å². The molecule has 0 saturated carbocycles. The number of halogens is 3. The number of aliphatic carboxylic acids is 1. The Kier molecular flexibility index (Phi) is 4.82. The fraction of sp³-hybridized carbons (Fsp3) is 0.300. The number of ether oxygens (including phenoxy) is 1. The van der Waals surface area contributed by atoms with Gasteiger partial charge >= 0.3 is 12.1 Å². The van der Waals surface area contributed by atoms with E-state index in [9.17, 15) is 22.8 Å². The molecule has 0 saturated heterocycles. The summed E-state index contributed by atoms with van der Waals surface area (Å²) in [6.45, 7) is 1.46. The standard InChI is InChI=1S/C20H17F3O4/c1-19-8-7-13(16(24)9-12-5-3-2-4-6-12)10-14(19)11-15(18(25)26)17(27-19)20(21,22)23/h2-7,10-11,17H,8-9H2,1H3,(H,25,26). The zero-order valence-electron chi connectivity index (χ0n) is 14.4. The number of benzene rings is 1. The van der Waals surface area contributed by atoms with Gasteiger partial charge in [-0.25, -0.2) is 4.79 Å². The third-order valence-corrected chi connectivity index (χ3v) is 4.68. The summed E-state index contributed by atoms with van der Waals surface area (Å²) >= 11 is 0. The Morgan fingerprint density at radius 1 is 1.22 bits per heavy atom. The van der Waals surface area contributed by atoms with Crippen molar-refractivity contribution in [1.29, 1.82) is 0 Å². The molecule has 4 nitrogen and oxygen atoms in total. The van der Waals surface area contributed by atoms with E-state index in [4.69, 9.17) is 9.84 Å². The van der Waals surface area contributed by atoms with Gasteiger partial charge in [-0.3, -0.25) is 4.79 Å². The van der Waals surface area contributed by atoms with E-state index < -0.39 is 29.4 Å². The summed E-state index contributed by atoms with van der Waals surface area (Å²) < 4.78 is 44.8. The third-order valence-electron chi connectivity index (χ3n) is 4.68. The van der Waals surface area contributed by atoms with Gasteiger partial charge in [0.15, 0.2) is 11.9 Å². The number of rotatable bonds is 4. The second-order valence-electron chi connectivity index (χ2n) is 6.72. The molecule has 2 atom stereocenters. The molecule has 0 spiro atoms. The number of carboxylic acid groups (broad SMARTS) is 1. The van der Waals surface area contributed by atoms with E-state index in [0.29, 0.717) is 5.57 Å². The van der Waals surface area contributed by atoms with Gasteiger partial charge < -0.3 is 9.84 Å². The highest BCUT2D eigenvalue weighted by Gasteiger charge is 2.52. The molecule has 1 N–H and O–H groups in total. The van der Waals surface area contributed by atoms with Crippen LogP contribution in [0.3, 0.4) is 0 Å². The molecular weight excluding hydrogens is 361 g/mol. The minimum atomic E-state index is -4.84. The summed E-state index contributed by atoms with van der Waals surface area (Å²) in [5.74, 6) is -1.90. The first-order valence-electron chi connectivity index (χ1n) is 8.29. The highest BCUT2D eigenvalue weighted by atomic mass is 19.4. The summed E-state index contributed by atoms with van der Waals surface area (Å²) in [4.78, 5) is 23.8. The lowest BCUT2D eigenvalue weighted by molar-refractivity contribution is -0.235. The van der Waals surface area contributed by atoms with Gasteiger partial charge in [-0.15, -0.1) is 0 Å². The van der Waals surface area contributed by atoms with Crippen LogP contribution >= 0.6 is 0 Å². The van der Waals surface area contributed by atoms with E-state index in [1.165, 1.54) is 13.0 Å². The van der Waals surface area contributed by atoms with Gasteiger partial charge in [-0.2, -0.15) is 13.2 Å². The highest BCUT2D eigenvalue weighted by molar-refractivity contribution is 6.00. The van der Waals surface area contributed by atoms with Crippen molar-refractivity contribution in [3.05, 3.63) is 70.8 Å². The molecule has 0 fully saturated rings. The number of hydrogen-bond donors (Lipinski definition) is 1. The minimum absolute atomic E-state index is 0.0463. The van der Waals surface area contributed by atoms with E-state index >= 15 is 0 Å². The summed E-state index contributed by atoms with van der Waals surface area (Å²) in [6.07, 6.45) is -3.21. The molecule has 1 aliphatic heterocycles. The fourth-order valence-electron chi connectivity index (χ4n) is 3.17. The number of ketones is 1. The SMILES string of the molecule is CC12CC=C(C(=O)Cc3ccccc3)C=C1C=C(C(=O)O)C(C(F)(F)F)O2. The zero-order chi connectivity index (χ0) is 19.8. The monoisotopic (exact) mass is 378 g/mol. The van der Waals surface area contributed by atoms with Crippen LogP contribution in [0.5, 0.6) is 0 Å². The molecule has 0 aromatic heterocycles. The van der Waals surface area contributed by atoms with Crippen molar-refractivity contribution in [1.82, 2.24) is 0 Å². The Hall–Kier alpha value is -2.67. The number of Topliss-reactive ketones (excluding diaryl/α,β-unsaturated/α-hetero) is 1.